The molecule has 1 N–H and O–H groups in total. The van der Waals surface area contributed by atoms with Gasteiger partial charge in [-0.1, -0.05) is 33.6 Å². The summed E-state index contributed by atoms with van der Waals surface area (Å²) in [6.07, 6.45) is 1.76. The second-order valence-corrected chi connectivity index (χ2v) is 5.69. The molecule has 0 rings (SSSR count). The van der Waals surface area contributed by atoms with Gasteiger partial charge >= 0.3 is 0 Å². The van der Waals surface area contributed by atoms with Crippen LogP contribution in [0, 0.1) is 5.92 Å². The maximum atomic E-state index is 11.9. The van der Waals surface area contributed by atoms with E-state index in [1.54, 1.807) is 6.92 Å². The van der Waals surface area contributed by atoms with Crippen LogP contribution in [0.15, 0.2) is 0 Å². The summed E-state index contributed by atoms with van der Waals surface area (Å²) < 4.78 is 25.1. The summed E-state index contributed by atoms with van der Waals surface area (Å²) in [6.45, 7) is 6.33. The monoisotopic (exact) mass is 237 g/mol. The van der Waals surface area contributed by atoms with Gasteiger partial charge in [-0.15, -0.1) is 0 Å². The van der Waals surface area contributed by atoms with Crippen LogP contribution in [0.1, 0.15) is 33.6 Å². The van der Waals surface area contributed by atoms with Gasteiger partial charge < -0.3 is 5.11 Å². The largest absolute Gasteiger partial charge is 0.395 e. The molecule has 0 aromatic carbocycles. The molecule has 0 bridgehead atoms. The number of aliphatic hydroxyl groups excluding tert-OH is 1. The molecule has 0 aromatic heterocycles. The molecular weight excluding hydrogens is 214 g/mol. The number of nitrogens with zero attached hydrogens (tertiary/aromatic N) is 1. The number of rotatable bonds is 8. The van der Waals surface area contributed by atoms with Gasteiger partial charge in [0.25, 0.3) is 0 Å². The van der Waals surface area contributed by atoms with Crippen LogP contribution in [0.25, 0.3) is 0 Å². The lowest BCUT2D eigenvalue weighted by molar-refractivity contribution is 0.256. The molecule has 0 radical (unpaired) electrons. The summed E-state index contributed by atoms with van der Waals surface area (Å²) in [4.78, 5) is 0. The van der Waals surface area contributed by atoms with E-state index in [9.17, 15) is 8.42 Å². The van der Waals surface area contributed by atoms with Crippen molar-refractivity contribution in [2.24, 2.45) is 5.92 Å². The lowest BCUT2D eigenvalue weighted by Gasteiger charge is -2.22. The number of hydrogen-bond acceptors (Lipinski definition) is 3. The van der Waals surface area contributed by atoms with E-state index >= 15 is 0 Å². The van der Waals surface area contributed by atoms with E-state index in [0.717, 1.165) is 12.8 Å². The average molecular weight is 237 g/mol. The lowest BCUT2D eigenvalue weighted by Crippen LogP contribution is -2.36. The number of likely N-dealkylation sites (N-methyl/N-ethyl adjacent to an activating group) is 1. The van der Waals surface area contributed by atoms with Gasteiger partial charge in [-0.25, -0.2) is 8.42 Å². The highest BCUT2D eigenvalue weighted by Crippen LogP contribution is 2.13. The smallest absolute Gasteiger partial charge is 0.214 e. The minimum atomic E-state index is -3.18. The summed E-state index contributed by atoms with van der Waals surface area (Å²) in [7, 11) is -3.18. The maximum absolute atomic E-state index is 11.9. The predicted molar refractivity (Wildman–Crippen MR) is 62.2 cm³/mol. The second kappa shape index (κ2) is 7.19. The molecule has 0 aromatic rings. The number of aliphatic hydroxyl groups is 1. The second-order valence-electron chi connectivity index (χ2n) is 3.68. The van der Waals surface area contributed by atoms with Crippen molar-refractivity contribution < 1.29 is 13.5 Å². The fraction of sp³-hybridized carbons (Fsp3) is 1.00. The molecule has 92 valence electrons. The van der Waals surface area contributed by atoms with Crippen molar-refractivity contribution in [1.82, 2.24) is 4.31 Å². The van der Waals surface area contributed by atoms with Crippen molar-refractivity contribution in [3.63, 3.8) is 0 Å². The first-order valence-corrected chi connectivity index (χ1v) is 7.21. The van der Waals surface area contributed by atoms with Crippen LogP contribution in [0.4, 0.5) is 0 Å². The quantitative estimate of drug-likeness (QED) is 0.687. The molecule has 0 saturated carbocycles. The third-order valence-electron chi connectivity index (χ3n) is 2.70. The van der Waals surface area contributed by atoms with Crippen LogP contribution >= 0.6 is 0 Å². The fourth-order valence-electron chi connectivity index (χ4n) is 1.53. The molecule has 0 spiro atoms. The Balaban J connectivity index is 4.50. The zero-order valence-electron chi connectivity index (χ0n) is 9.94. The summed E-state index contributed by atoms with van der Waals surface area (Å²) in [5, 5.41) is 8.77. The molecule has 0 aliphatic rings. The van der Waals surface area contributed by atoms with Crippen molar-refractivity contribution >= 4 is 10.0 Å². The van der Waals surface area contributed by atoms with E-state index in [0.29, 0.717) is 6.54 Å². The van der Waals surface area contributed by atoms with Crippen molar-refractivity contribution in [3.8, 4) is 0 Å². The third-order valence-corrected chi connectivity index (χ3v) is 4.82. The molecule has 4 nitrogen and oxygen atoms in total. The van der Waals surface area contributed by atoms with E-state index in [1.807, 2.05) is 13.8 Å². The summed E-state index contributed by atoms with van der Waals surface area (Å²) in [5.74, 6) is 0.427. The number of hydrogen-bond donors (Lipinski definition) is 1. The summed E-state index contributed by atoms with van der Waals surface area (Å²) >= 11 is 0. The highest BCUT2D eigenvalue weighted by molar-refractivity contribution is 7.89. The molecular formula is C10H23NO3S. The van der Waals surface area contributed by atoms with Gasteiger partial charge in [0.2, 0.25) is 10.0 Å². The van der Waals surface area contributed by atoms with Gasteiger partial charge in [0.05, 0.1) is 12.4 Å². The lowest BCUT2D eigenvalue weighted by atomic mass is 10.1. The zero-order valence-corrected chi connectivity index (χ0v) is 10.8. The molecule has 0 aliphatic carbocycles. The highest BCUT2D eigenvalue weighted by Gasteiger charge is 2.22. The Morgan fingerprint density at radius 3 is 2.07 bits per heavy atom. The summed E-state index contributed by atoms with van der Waals surface area (Å²) in [6, 6.07) is 0. The Morgan fingerprint density at radius 2 is 1.73 bits per heavy atom. The van der Waals surface area contributed by atoms with Crippen molar-refractivity contribution in [1.29, 1.82) is 0 Å². The van der Waals surface area contributed by atoms with Crippen molar-refractivity contribution in [2.45, 2.75) is 33.6 Å². The topological polar surface area (TPSA) is 57.6 Å². The Kier molecular flexibility index (Phi) is 7.13. The van der Waals surface area contributed by atoms with Crippen molar-refractivity contribution in [2.75, 3.05) is 25.4 Å². The van der Waals surface area contributed by atoms with E-state index in [1.165, 1.54) is 4.31 Å². The average Bonchev–Trinajstić information content (AvgIpc) is 2.22. The zero-order chi connectivity index (χ0) is 11.9. The Labute approximate surface area is 93.3 Å². The van der Waals surface area contributed by atoms with Gasteiger partial charge in [-0.2, -0.15) is 4.31 Å². The first kappa shape index (κ1) is 14.9. The molecule has 0 heterocycles. The molecule has 0 fully saturated rings. The van der Waals surface area contributed by atoms with Gasteiger partial charge in [-0.3, -0.25) is 0 Å². The van der Waals surface area contributed by atoms with Crippen LogP contribution in [-0.2, 0) is 10.0 Å². The SMILES string of the molecule is CCC(CC)CS(=O)(=O)N(CC)CCO. The van der Waals surface area contributed by atoms with Crippen molar-refractivity contribution in [3.05, 3.63) is 0 Å². The van der Waals surface area contributed by atoms with E-state index in [2.05, 4.69) is 0 Å². The Morgan fingerprint density at radius 1 is 1.20 bits per heavy atom. The van der Waals surface area contributed by atoms with Gasteiger partial charge in [-0.05, 0) is 5.92 Å². The fourth-order valence-corrected chi connectivity index (χ4v) is 3.56. The predicted octanol–water partition coefficient (Wildman–Crippen LogP) is 1.07. The van der Waals surface area contributed by atoms with E-state index in [-0.39, 0.29) is 24.8 Å². The molecule has 0 amide bonds. The highest BCUT2D eigenvalue weighted by atomic mass is 32.2. The molecule has 5 heteroatoms. The standard InChI is InChI=1S/C10H23NO3S/c1-4-10(5-2)9-15(13,14)11(6-3)7-8-12/h10,12H,4-9H2,1-3H3. The summed E-state index contributed by atoms with van der Waals surface area (Å²) in [5.41, 5.74) is 0. The van der Waals surface area contributed by atoms with Gasteiger partial charge in [0.1, 0.15) is 0 Å². The minimum absolute atomic E-state index is 0.115. The number of sulfonamides is 1. The molecule has 15 heavy (non-hydrogen) atoms. The van der Waals surface area contributed by atoms with E-state index < -0.39 is 10.0 Å². The van der Waals surface area contributed by atoms with Crippen LogP contribution in [-0.4, -0.2) is 43.3 Å². The molecule has 0 saturated heterocycles. The van der Waals surface area contributed by atoms with Gasteiger partial charge in [0, 0.05) is 13.1 Å². The normalized spacial score (nSPS) is 12.7. The van der Waals surface area contributed by atoms with Crippen LogP contribution in [0.3, 0.4) is 0 Å². The first-order valence-electron chi connectivity index (χ1n) is 5.60. The Bertz CT molecular complexity index is 247. The molecule has 0 aliphatic heterocycles. The van der Waals surface area contributed by atoms with Gasteiger partial charge in [0.15, 0.2) is 0 Å². The molecule has 0 atom stereocenters. The first-order chi connectivity index (χ1) is 7.01. The van der Waals surface area contributed by atoms with Crippen LogP contribution in [0.2, 0.25) is 0 Å². The Hall–Kier alpha value is -0.130. The maximum Gasteiger partial charge on any atom is 0.214 e. The van der Waals surface area contributed by atoms with E-state index in [4.69, 9.17) is 5.11 Å². The molecule has 0 unspecified atom stereocenters. The minimum Gasteiger partial charge on any atom is -0.395 e. The third kappa shape index (κ3) is 4.95. The van der Waals surface area contributed by atoms with Crippen LogP contribution < -0.4 is 0 Å². The van der Waals surface area contributed by atoms with Crippen LogP contribution in [0.5, 0.6) is 0 Å².